The predicted octanol–water partition coefficient (Wildman–Crippen LogP) is 3.72. The Morgan fingerprint density at radius 2 is 1.84 bits per heavy atom. The number of para-hydroxylation sites is 1. The summed E-state index contributed by atoms with van der Waals surface area (Å²) in [6.45, 7) is 2.10. The Morgan fingerprint density at radius 3 is 2.52 bits per heavy atom. The Morgan fingerprint density at radius 1 is 1.12 bits per heavy atom. The van der Waals surface area contributed by atoms with Crippen molar-refractivity contribution in [3.8, 4) is 10.6 Å². The molecule has 126 valence electrons. The molecule has 3 aromatic rings. The van der Waals surface area contributed by atoms with Crippen molar-refractivity contribution in [3.05, 3.63) is 70.7 Å². The van der Waals surface area contributed by atoms with Gasteiger partial charge >= 0.3 is 0 Å². The monoisotopic (exact) mass is 351 g/mol. The van der Waals surface area contributed by atoms with Gasteiger partial charge < -0.3 is 11.1 Å². The molecule has 3 N–H and O–H groups in total. The standard InChI is InChI=1S/C19H17N3O2S/c1-2-12-7-9-13(10-8-12)19-22-16(11-25-19)18(24)21-15-6-4-3-5-14(15)17(20)23/h3-11H,2H2,1H3,(H2,20,23)(H,21,24). The van der Waals surface area contributed by atoms with Crippen LogP contribution in [-0.2, 0) is 6.42 Å². The SMILES string of the molecule is CCc1ccc(-c2nc(C(=O)Nc3ccccc3C(N)=O)cs2)cc1. The summed E-state index contributed by atoms with van der Waals surface area (Å²) in [5, 5.41) is 5.17. The number of aryl methyl sites for hydroxylation is 1. The van der Waals surface area contributed by atoms with Crippen molar-refractivity contribution in [1.82, 2.24) is 4.98 Å². The van der Waals surface area contributed by atoms with Crippen molar-refractivity contribution in [2.75, 3.05) is 5.32 Å². The molecule has 0 aliphatic carbocycles. The summed E-state index contributed by atoms with van der Waals surface area (Å²) in [5.41, 5.74) is 8.50. The molecule has 0 fully saturated rings. The number of carbonyl (C=O) groups excluding carboxylic acids is 2. The summed E-state index contributed by atoms with van der Waals surface area (Å²) < 4.78 is 0. The van der Waals surface area contributed by atoms with Gasteiger partial charge in [0.2, 0.25) is 0 Å². The van der Waals surface area contributed by atoms with E-state index in [0.29, 0.717) is 11.4 Å². The van der Waals surface area contributed by atoms with Gasteiger partial charge in [0.15, 0.2) is 0 Å². The van der Waals surface area contributed by atoms with Gasteiger partial charge in [0.05, 0.1) is 11.3 Å². The number of nitrogens with two attached hydrogens (primary N) is 1. The van der Waals surface area contributed by atoms with E-state index >= 15 is 0 Å². The molecule has 0 bridgehead atoms. The number of benzene rings is 2. The molecule has 0 spiro atoms. The van der Waals surface area contributed by atoms with Gasteiger partial charge in [0.25, 0.3) is 11.8 Å². The van der Waals surface area contributed by atoms with Crippen molar-refractivity contribution < 1.29 is 9.59 Å². The number of aromatic nitrogens is 1. The van der Waals surface area contributed by atoms with Crippen LogP contribution in [-0.4, -0.2) is 16.8 Å². The van der Waals surface area contributed by atoms with E-state index in [1.165, 1.54) is 16.9 Å². The van der Waals surface area contributed by atoms with E-state index in [0.717, 1.165) is 17.0 Å². The number of hydrogen-bond donors (Lipinski definition) is 2. The molecule has 0 atom stereocenters. The maximum atomic E-state index is 12.4. The second kappa shape index (κ2) is 7.27. The Hall–Kier alpha value is -2.99. The maximum Gasteiger partial charge on any atom is 0.275 e. The topological polar surface area (TPSA) is 85.1 Å². The molecule has 2 aromatic carbocycles. The van der Waals surface area contributed by atoms with Crippen LogP contribution in [0.25, 0.3) is 10.6 Å². The number of thiazole rings is 1. The van der Waals surface area contributed by atoms with Gasteiger partial charge in [-0.05, 0) is 24.1 Å². The van der Waals surface area contributed by atoms with Crippen LogP contribution in [0.5, 0.6) is 0 Å². The average Bonchev–Trinajstić information content (AvgIpc) is 3.12. The third-order valence-corrected chi connectivity index (χ3v) is 4.68. The van der Waals surface area contributed by atoms with Crippen molar-refractivity contribution >= 4 is 28.8 Å². The van der Waals surface area contributed by atoms with E-state index in [4.69, 9.17) is 5.73 Å². The quantitative estimate of drug-likeness (QED) is 0.734. The summed E-state index contributed by atoms with van der Waals surface area (Å²) in [7, 11) is 0. The van der Waals surface area contributed by atoms with Gasteiger partial charge in [-0.25, -0.2) is 4.98 Å². The van der Waals surface area contributed by atoms with E-state index in [-0.39, 0.29) is 11.5 Å². The summed E-state index contributed by atoms with van der Waals surface area (Å²) >= 11 is 1.40. The molecule has 0 radical (unpaired) electrons. The van der Waals surface area contributed by atoms with Crippen LogP contribution in [0.1, 0.15) is 33.3 Å². The minimum absolute atomic E-state index is 0.265. The van der Waals surface area contributed by atoms with E-state index in [2.05, 4.69) is 29.4 Å². The molecule has 3 rings (SSSR count). The fraction of sp³-hybridized carbons (Fsp3) is 0.105. The lowest BCUT2D eigenvalue weighted by Crippen LogP contribution is -2.18. The Labute approximate surface area is 149 Å². The lowest BCUT2D eigenvalue weighted by Gasteiger charge is -2.07. The van der Waals surface area contributed by atoms with E-state index in [1.54, 1.807) is 29.6 Å². The third-order valence-electron chi connectivity index (χ3n) is 3.79. The zero-order valence-corrected chi connectivity index (χ0v) is 14.5. The highest BCUT2D eigenvalue weighted by molar-refractivity contribution is 7.13. The van der Waals surface area contributed by atoms with Crippen LogP contribution in [0.4, 0.5) is 5.69 Å². The molecule has 0 saturated heterocycles. The van der Waals surface area contributed by atoms with Crippen molar-refractivity contribution in [2.24, 2.45) is 5.73 Å². The summed E-state index contributed by atoms with van der Waals surface area (Å²) in [6, 6.07) is 14.7. The van der Waals surface area contributed by atoms with Gasteiger partial charge in [0.1, 0.15) is 10.7 Å². The molecule has 0 saturated carbocycles. The van der Waals surface area contributed by atoms with Crippen molar-refractivity contribution in [3.63, 3.8) is 0 Å². The number of rotatable bonds is 5. The molecule has 1 aromatic heterocycles. The van der Waals surface area contributed by atoms with Gasteiger partial charge in [-0.2, -0.15) is 0 Å². The van der Waals surface area contributed by atoms with Crippen LogP contribution in [0.15, 0.2) is 53.9 Å². The molecule has 0 aliphatic heterocycles. The number of hydrogen-bond acceptors (Lipinski definition) is 4. The van der Waals surface area contributed by atoms with Crippen LogP contribution in [0, 0.1) is 0 Å². The first-order valence-electron chi connectivity index (χ1n) is 7.83. The Balaban J connectivity index is 1.80. The summed E-state index contributed by atoms with van der Waals surface area (Å²) in [4.78, 5) is 28.3. The second-order valence-corrected chi connectivity index (χ2v) is 6.31. The number of primary amides is 1. The fourth-order valence-corrected chi connectivity index (χ4v) is 3.19. The number of carbonyl (C=O) groups is 2. The molecular weight excluding hydrogens is 334 g/mol. The van der Waals surface area contributed by atoms with Crippen molar-refractivity contribution in [2.45, 2.75) is 13.3 Å². The molecule has 6 heteroatoms. The van der Waals surface area contributed by atoms with Gasteiger partial charge in [0, 0.05) is 10.9 Å². The smallest absolute Gasteiger partial charge is 0.275 e. The second-order valence-electron chi connectivity index (χ2n) is 5.45. The first-order chi connectivity index (χ1) is 12.1. The predicted molar refractivity (Wildman–Crippen MR) is 99.8 cm³/mol. The third kappa shape index (κ3) is 3.75. The molecule has 5 nitrogen and oxygen atoms in total. The van der Waals surface area contributed by atoms with E-state index in [9.17, 15) is 9.59 Å². The lowest BCUT2D eigenvalue weighted by atomic mass is 10.1. The van der Waals surface area contributed by atoms with Crippen LogP contribution >= 0.6 is 11.3 Å². The van der Waals surface area contributed by atoms with Crippen LogP contribution in [0.2, 0.25) is 0 Å². The van der Waals surface area contributed by atoms with E-state index < -0.39 is 5.91 Å². The molecule has 25 heavy (non-hydrogen) atoms. The van der Waals surface area contributed by atoms with Crippen LogP contribution < -0.4 is 11.1 Å². The van der Waals surface area contributed by atoms with Gasteiger partial charge in [-0.15, -0.1) is 11.3 Å². The maximum absolute atomic E-state index is 12.4. The average molecular weight is 351 g/mol. The normalized spacial score (nSPS) is 10.4. The molecular formula is C19H17N3O2S. The lowest BCUT2D eigenvalue weighted by molar-refractivity contribution is 0.100. The first-order valence-corrected chi connectivity index (χ1v) is 8.71. The number of nitrogens with zero attached hydrogens (tertiary/aromatic N) is 1. The highest BCUT2D eigenvalue weighted by atomic mass is 32.1. The highest BCUT2D eigenvalue weighted by Gasteiger charge is 2.15. The van der Waals surface area contributed by atoms with Gasteiger partial charge in [-0.1, -0.05) is 43.3 Å². The van der Waals surface area contributed by atoms with Gasteiger partial charge in [-0.3, -0.25) is 9.59 Å². The molecule has 0 aliphatic rings. The fourth-order valence-electron chi connectivity index (χ4n) is 2.39. The zero-order chi connectivity index (χ0) is 17.8. The Kier molecular flexibility index (Phi) is 4.90. The molecule has 1 heterocycles. The minimum Gasteiger partial charge on any atom is -0.366 e. The number of amides is 2. The summed E-state index contributed by atoms with van der Waals surface area (Å²) in [5.74, 6) is -0.966. The summed E-state index contributed by atoms with van der Waals surface area (Å²) in [6.07, 6.45) is 0.977. The molecule has 0 unspecified atom stereocenters. The molecule has 2 amide bonds. The number of nitrogens with one attached hydrogen (secondary N) is 1. The first kappa shape index (κ1) is 16.9. The van der Waals surface area contributed by atoms with Crippen LogP contribution in [0.3, 0.4) is 0 Å². The Bertz CT molecular complexity index is 916. The minimum atomic E-state index is -0.592. The van der Waals surface area contributed by atoms with Crippen molar-refractivity contribution in [1.29, 1.82) is 0 Å². The number of anilines is 1. The highest BCUT2D eigenvalue weighted by Crippen LogP contribution is 2.25. The zero-order valence-electron chi connectivity index (χ0n) is 13.7. The largest absolute Gasteiger partial charge is 0.366 e. The van der Waals surface area contributed by atoms with E-state index in [1.807, 2.05) is 12.1 Å².